The van der Waals surface area contributed by atoms with Gasteiger partial charge < -0.3 is 5.32 Å². The Morgan fingerprint density at radius 2 is 1.93 bits per heavy atom. The van der Waals surface area contributed by atoms with Crippen molar-refractivity contribution in [3.8, 4) is 0 Å². The summed E-state index contributed by atoms with van der Waals surface area (Å²) in [5.74, 6) is 0.873. The van der Waals surface area contributed by atoms with E-state index in [1.165, 1.54) is 38.1 Å². The SMILES string of the molecule is Fc1cnc(NCC2CCCC2)nc1. The summed E-state index contributed by atoms with van der Waals surface area (Å²) >= 11 is 0. The van der Waals surface area contributed by atoms with E-state index in [9.17, 15) is 4.39 Å². The molecule has 0 unspecified atom stereocenters. The molecule has 4 heteroatoms. The largest absolute Gasteiger partial charge is 0.354 e. The minimum atomic E-state index is -0.392. The average Bonchev–Trinajstić information content (AvgIpc) is 2.70. The molecule has 1 fully saturated rings. The van der Waals surface area contributed by atoms with Crippen LogP contribution in [-0.4, -0.2) is 16.5 Å². The number of halogens is 1. The summed E-state index contributed by atoms with van der Waals surface area (Å²) in [6, 6.07) is 0. The Balaban J connectivity index is 1.82. The molecule has 1 aliphatic rings. The van der Waals surface area contributed by atoms with Gasteiger partial charge in [-0.15, -0.1) is 0 Å². The van der Waals surface area contributed by atoms with Crippen molar-refractivity contribution < 1.29 is 4.39 Å². The molecule has 14 heavy (non-hydrogen) atoms. The van der Waals surface area contributed by atoms with Crippen LogP contribution in [0.25, 0.3) is 0 Å². The zero-order valence-electron chi connectivity index (χ0n) is 8.04. The lowest BCUT2D eigenvalue weighted by Crippen LogP contribution is -2.12. The zero-order valence-corrected chi connectivity index (χ0v) is 8.04. The van der Waals surface area contributed by atoms with Crippen molar-refractivity contribution in [2.24, 2.45) is 5.92 Å². The van der Waals surface area contributed by atoms with Crippen LogP contribution in [0.3, 0.4) is 0 Å². The molecule has 0 spiro atoms. The van der Waals surface area contributed by atoms with Gasteiger partial charge in [0.1, 0.15) is 0 Å². The first-order valence-electron chi connectivity index (χ1n) is 5.06. The molecular weight excluding hydrogens is 181 g/mol. The van der Waals surface area contributed by atoms with Gasteiger partial charge in [0, 0.05) is 6.54 Å². The van der Waals surface area contributed by atoms with Gasteiger partial charge in [0.05, 0.1) is 12.4 Å². The second-order valence-electron chi connectivity index (χ2n) is 3.76. The van der Waals surface area contributed by atoms with E-state index in [2.05, 4.69) is 15.3 Å². The van der Waals surface area contributed by atoms with Gasteiger partial charge >= 0.3 is 0 Å². The third-order valence-corrected chi connectivity index (χ3v) is 2.64. The van der Waals surface area contributed by atoms with Crippen molar-refractivity contribution in [1.82, 2.24) is 9.97 Å². The van der Waals surface area contributed by atoms with Crippen LogP contribution in [-0.2, 0) is 0 Å². The lowest BCUT2D eigenvalue weighted by molar-refractivity contribution is 0.575. The van der Waals surface area contributed by atoms with Gasteiger partial charge in [0.25, 0.3) is 0 Å². The maximum Gasteiger partial charge on any atom is 0.222 e. The molecule has 0 amide bonds. The van der Waals surface area contributed by atoms with Crippen molar-refractivity contribution in [2.45, 2.75) is 25.7 Å². The molecule has 0 atom stereocenters. The standard InChI is InChI=1S/C10H14FN3/c11-9-6-13-10(14-7-9)12-5-8-3-1-2-4-8/h6-8H,1-5H2,(H,12,13,14). The second-order valence-corrected chi connectivity index (χ2v) is 3.76. The number of hydrogen-bond donors (Lipinski definition) is 1. The molecule has 0 saturated heterocycles. The summed E-state index contributed by atoms with van der Waals surface area (Å²) in [5, 5.41) is 3.12. The zero-order chi connectivity index (χ0) is 9.80. The van der Waals surface area contributed by atoms with Crippen LogP contribution in [0.15, 0.2) is 12.4 Å². The molecule has 1 heterocycles. The minimum Gasteiger partial charge on any atom is -0.354 e. The van der Waals surface area contributed by atoms with E-state index in [0.29, 0.717) is 5.95 Å². The van der Waals surface area contributed by atoms with Crippen molar-refractivity contribution >= 4 is 5.95 Å². The van der Waals surface area contributed by atoms with E-state index in [-0.39, 0.29) is 0 Å². The molecule has 3 nitrogen and oxygen atoms in total. The molecule has 0 radical (unpaired) electrons. The Morgan fingerprint density at radius 3 is 2.57 bits per heavy atom. The molecule has 0 bridgehead atoms. The van der Waals surface area contributed by atoms with E-state index < -0.39 is 5.82 Å². The molecule has 0 aliphatic heterocycles. The van der Waals surface area contributed by atoms with Crippen LogP contribution >= 0.6 is 0 Å². The number of aromatic nitrogens is 2. The number of nitrogens with zero attached hydrogens (tertiary/aromatic N) is 2. The van der Waals surface area contributed by atoms with Crippen molar-refractivity contribution in [3.05, 3.63) is 18.2 Å². The normalized spacial score (nSPS) is 17.2. The van der Waals surface area contributed by atoms with Crippen molar-refractivity contribution in [1.29, 1.82) is 0 Å². The molecule has 76 valence electrons. The number of anilines is 1. The third-order valence-electron chi connectivity index (χ3n) is 2.64. The monoisotopic (exact) mass is 195 g/mol. The third kappa shape index (κ3) is 2.40. The first kappa shape index (κ1) is 9.37. The van der Waals surface area contributed by atoms with E-state index in [1.54, 1.807) is 0 Å². The lowest BCUT2D eigenvalue weighted by Gasteiger charge is -2.09. The van der Waals surface area contributed by atoms with Crippen LogP contribution in [0.5, 0.6) is 0 Å². The fourth-order valence-corrected chi connectivity index (χ4v) is 1.85. The van der Waals surface area contributed by atoms with Gasteiger partial charge in [0.15, 0.2) is 5.82 Å². The Kier molecular flexibility index (Phi) is 2.91. The molecule has 0 aromatic carbocycles. The second kappa shape index (κ2) is 4.35. The summed E-state index contributed by atoms with van der Waals surface area (Å²) < 4.78 is 12.5. The van der Waals surface area contributed by atoms with Gasteiger partial charge in [-0.25, -0.2) is 14.4 Å². The summed E-state index contributed by atoms with van der Waals surface area (Å²) in [4.78, 5) is 7.68. The van der Waals surface area contributed by atoms with Gasteiger partial charge in [-0.05, 0) is 18.8 Å². The molecule has 1 saturated carbocycles. The fourth-order valence-electron chi connectivity index (χ4n) is 1.85. The van der Waals surface area contributed by atoms with Crippen LogP contribution in [0.2, 0.25) is 0 Å². The van der Waals surface area contributed by atoms with E-state index in [0.717, 1.165) is 12.5 Å². The summed E-state index contributed by atoms with van der Waals surface area (Å²) in [6.45, 7) is 0.908. The van der Waals surface area contributed by atoms with Crippen LogP contribution in [0, 0.1) is 11.7 Å². The highest BCUT2D eigenvalue weighted by Gasteiger charge is 2.14. The first-order valence-corrected chi connectivity index (χ1v) is 5.06. The average molecular weight is 195 g/mol. The molecule has 1 aromatic heterocycles. The van der Waals surface area contributed by atoms with E-state index >= 15 is 0 Å². The highest BCUT2D eigenvalue weighted by molar-refractivity contribution is 5.22. The van der Waals surface area contributed by atoms with Gasteiger partial charge in [-0.3, -0.25) is 0 Å². The summed E-state index contributed by atoms with van der Waals surface area (Å²) in [7, 11) is 0. The molecular formula is C10H14FN3. The molecule has 1 aromatic rings. The maximum absolute atomic E-state index is 12.5. The van der Waals surface area contributed by atoms with Gasteiger partial charge in [-0.2, -0.15) is 0 Å². The van der Waals surface area contributed by atoms with Crippen molar-refractivity contribution in [2.75, 3.05) is 11.9 Å². The van der Waals surface area contributed by atoms with Gasteiger partial charge in [0.2, 0.25) is 5.95 Å². The Labute approximate surface area is 82.8 Å². The Hall–Kier alpha value is -1.19. The predicted molar refractivity (Wildman–Crippen MR) is 52.4 cm³/mol. The lowest BCUT2D eigenvalue weighted by atomic mass is 10.1. The first-order chi connectivity index (χ1) is 6.84. The van der Waals surface area contributed by atoms with Crippen LogP contribution in [0.1, 0.15) is 25.7 Å². The highest BCUT2D eigenvalue weighted by Crippen LogP contribution is 2.24. The smallest absolute Gasteiger partial charge is 0.222 e. The summed E-state index contributed by atoms with van der Waals surface area (Å²) in [5.41, 5.74) is 0. The Morgan fingerprint density at radius 1 is 1.29 bits per heavy atom. The number of hydrogen-bond acceptors (Lipinski definition) is 3. The number of nitrogens with one attached hydrogen (secondary N) is 1. The highest BCUT2D eigenvalue weighted by atomic mass is 19.1. The van der Waals surface area contributed by atoms with Crippen molar-refractivity contribution in [3.63, 3.8) is 0 Å². The van der Waals surface area contributed by atoms with E-state index in [1.807, 2.05) is 0 Å². The topological polar surface area (TPSA) is 37.8 Å². The van der Waals surface area contributed by atoms with Crippen LogP contribution < -0.4 is 5.32 Å². The minimum absolute atomic E-state index is 0.392. The van der Waals surface area contributed by atoms with E-state index in [4.69, 9.17) is 0 Å². The Bertz CT molecular complexity index is 280. The number of rotatable bonds is 3. The summed E-state index contributed by atoms with van der Waals surface area (Å²) in [6.07, 6.45) is 7.60. The molecule has 2 rings (SSSR count). The quantitative estimate of drug-likeness (QED) is 0.803. The fraction of sp³-hybridized carbons (Fsp3) is 0.600. The van der Waals surface area contributed by atoms with Crippen LogP contribution in [0.4, 0.5) is 10.3 Å². The van der Waals surface area contributed by atoms with Gasteiger partial charge in [-0.1, -0.05) is 12.8 Å². The maximum atomic E-state index is 12.5. The molecule has 1 aliphatic carbocycles. The molecule has 1 N–H and O–H groups in total. The predicted octanol–water partition coefficient (Wildman–Crippen LogP) is 2.22.